The highest BCUT2D eigenvalue weighted by atomic mass is 16.5. The number of ether oxygens (including phenoxy) is 1. The van der Waals surface area contributed by atoms with Crippen molar-refractivity contribution in [2.45, 2.75) is 64.4 Å². The highest BCUT2D eigenvalue weighted by Gasteiger charge is 2.56. The summed E-state index contributed by atoms with van der Waals surface area (Å²) in [6, 6.07) is 7.62. The number of carboxylic acids is 1. The molecule has 0 amide bonds. The average molecular weight is 485 g/mol. The van der Waals surface area contributed by atoms with Crippen molar-refractivity contribution in [1.29, 1.82) is 0 Å². The van der Waals surface area contributed by atoms with E-state index in [4.69, 9.17) is 25.2 Å². The van der Waals surface area contributed by atoms with Crippen LogP contribution in [0.25, 0.3) is 0 Å². The fraction of sp³-hybridized carbons (Fsp3) is 0.481. The predicted octanol–water partition coefficient (Wildman–Crippen LogP) is 4.68. The van der Waals surface area contributed by atoms with Gasteiger partial charge in [-0.3, -0.25) is 4.79 Å². The summed E-state index contributed by atoms with van der Waals surface area (Å²) in [7, 11) is 0. The lowest BCUT2D eigenvalue weighted by Crippen LogP contribution is -2.45. The summed E-state index contributed by atoms with van der Waals surface area (Å²) in [5.74, 6) is -1.10. The van der Waals surface area contributed by atoms with Crippen LogP contribution in [0.4, 0.5) is 0 Å². The maximum atomic E-state index is 11.4. The van der Waals surface area contributed by atoms with Crippen LogP contribution in [0.2, 0.25) is 0 Å². The minimum absolute atomic E-state index is 0.104. The van der Waals surface area contributed by atoms with E-state index in [2.05, 4.69) is 13.0 Å². The number of fused-ring (bicyclic) bond motifs is 5. The fourth-order valence-corrected chi connectivity index (χ4v) is 6.64. The minimum atomic E-state index is -1.29. The molecule has 0 saturated heterocycles. The minimum Gasteiger partial charge on any atom is -0.508 e. The zero-order valence-electron chi connectivity index (χ0n) is 19.9. The quantitative estimate of drug-likeness (QED) is 0.305. The number of benzene rings is 2. The van der Waals surface area contributed by atoms with Gasteiger partial charge in [-0.05, 0) is 91.7 Å². The zero-order chi connectivity index (χ0) is 25.5. The number of phenols is 4. The van der Waals surface area contributed by atoms with Crippen molar-refractivity contribution in [3.05, 3.63) is 47.0 Å². The Kier molecular flexibility index (Phi) is 6.58. The average Bonchev–Trinajstić information content (AvgIpc) is 3.12. The van der Waals surface area contributed by atoms with Gasteiger partial charge in [0.25, 0.3) is 0 Å². The van der Waals surface area contributed by atoms with Crippen molar-refractivity contribution in [2.24, 2.45) is 17.3 Å². The smallest absolute Gasteiger partial charge is 0.335 e. The molecule has 3 aliphatic rings. The third kappa shape index (κ3) is 4.61. The van der Waals surface area contributed by atoms with E-state index in [0.29, 0.717) is 23.5 Å². The molecule has 0 bridgehead atoms. The molecule has 5 N–H and O–H groups in total. The van der Waals surface area contributed by atoms with E-state index < -0.39 is 23.2 Å². The van der Waals surface area contributed by atoms with Crippen LogP contribution in [-0.4, -0.2) is 43.6 Å². The van der Waals surface area contributed by atoms with Crippen LogP contribution in [0, 0.1) is 17.3 Å². The Hall–Kier alpha value is -3.42. The molecule has 2 fully saturated rings. The molecule has 0 heterocycles. The lowest BCUT2D eigenvalue weighted by molar-refractivity contribution is -0.154. The van der Waals surface area contributed by atoms with Crippen molar-refractivity contribution in [3.8, 4) is 23.0 Å². The topological polar surface area (TPSA) is 145 Å². The van der Waals surface area contributed by atoms with Crippen molar-refractivity contribution in [2.75, 3.05) is 0 Å². The van der Waals surface area contributed by atoms with Gasteiger partial charge in [-0.2, -0.15) is 0 Å². The van der Waals surface area contributed by atoms with Crippen molar-refractivity contribution in [1.82, 2.24) is 0 Å². The van der Waals surface area contributed by atoms with Crippen molar-refractivity contribution in [3.63, 3.8) is 0 Å². The van der Waals surface area contributed by atoms with Gasteiger partial charge < -0.3 is 30.3 Å². The Bertz CT molecular complexity index is 1120. The van der Waals surface area contributed by atoms with E-state index in [0.717, 1.165) is 31.4 Å². The molecule has 5 atom stereocenters. The first-order chi connectivity index (χ1) is 16.5. The van der Waals surface area contributed by atoms with Crippen LogP contribution in [0.3, 0.4) is 0 Å². The summed E-state index contributed by atoms with van der Waals surface area (Å²) >= 11 is 0. The number of aromatic carboxylic acids is 1. The van der Waals surface area contributed by atoms with Crippen LogP contribution < -0.4 is 0 Å². The monoisotopic (exact) mass is 484 g/mol. The molecule has 8 nitrogen and oxygen atoms in total. The first-order valence-corrected chi connectivity index (χ1v) is 12.0. The summed E-state index contributed by atoms with van der Waals surface area (Å²) in [5, 5.41) is 44.7. The molecule has 5 unspecified atom stereocenters. The number of aromatic hydroxyl groups is 4. The Morgan fingerprint density at radius 2 is 1.66 bits per heavy atom. The second-order valence-corrected chi connectivity index (χ2v) is 10.2. The maximum absolute atomic E-state index is 11.4. The van der Waals surface area contributed by atoms with Crippen LogP contribution >= 0.6 is 0 Å². The van der Waals surface area contributed by atoms with Gasteiger partial charge in [-0.15, -0.1) is 0 Å². The Labute approximate surface area is 203 Å². The maximum Gasteiger partial charge on any atom is 0.335 e. The molecule has 0 aromatic heterocycles. The summed E-state index contributed by atoms with van der Waals surface area (Å²) < 4.78 is 5.68. The van der Waals surface area contributed by atoms with Crippen molar-refractivity contribution >= 4 is 11.9 Å². The molecule has 0 aliphatic heterocycles. The number of rotatable bonds is 2. The number of hydrogen-bond donors (Lipinski definition) is 5. The summed E-state index contributed by atoms with van der Waals surface area (Å²) in [4.78, 5) is 21.8. The van der Waals surface area contributed by atoms with Crippen LogP contribution in [0.5, 0.6) is 23.0 Å². The van der Waals surface area contributed by atoms with E-state index in [9.17, 15) is 14.7 Å². The molecule has 0 radical (unpaired) electrons. The standard InChI is InChI=1S/C20H26O3.C7H6O5/c1-12(21)23-19-8-7-18-17-5-3-13-11-14(22)4-6-15(13)16(17)9-10-20(18,19)2;8-4-1-3(7(11)12)2-5(9)6(4)10/h4,6,11,16-19,22H,3,5,7-10H2,1-2H3;1-2,8-10H,(H,11,12). The zero-order valence-corrected chi connectivity index (χ0v) is 19.9. The molecule has 188 valence electrons. The van der Waals surface area contributed by atoms with Gasteiger partial charge in [0.15, 0.2) is 17.2 Å². The van der Waals surface area contributed by atoms with Gasteiger partial charge in [0.05, 0.1) is 5.56 Å². The number of carbonyl (C=O) groups excluding carboxylic acids is 1. The molecular formula is C27H32O8. The largest absolute Gasteiger partial charge is 0.508 e. The highest BCUT2D eigenvalue weighted by Crippen LogP contribution is 2.61. The van der Waals surface area contributed by atoms with Gasteiger partial charge in [-0.25, -0.2) is 4.79 Å². The van der Waals surface area contributed by atoms with Gasteiger partial charge in [0.2, 0.25) is 0 Å². The van der Waals surface area contributed by atoms with Crippen LogP contribution in [-0.2, 0) is 16.0 Å². The van der Waals surface area contributed by atoms with E-state index in [1.807, 2.05) is 12.1 Å². The van der Waals surface area contributed by atoms with Gasteiger partial charge in [-0.1, -0.05) is 13.0 Å². The third-order valence-electron chi connectivity index (χ3n) is 8.25. The molecule has 0 spiro atoms. The first kappa shape index (κ1) is 24.7. The lowest BCUT2D eigenvalue weighted by Gasteiger charge is -2.50. The summed E-state index contributed by atoms with van der Waals surface area (Å²) in [5.41, 5.74) is 2.66. The van der Waals surface area contributed by atoms with Crippen LogP contribution in [0.1, 0.15) is 73.4 Å². The van der Waals surface area contributed by atoms with Gasteiger partial charge in [0, 0.05) is 12.3 Å². The normalized spacial score (nSPS) is 28.5. The molecule has 2 aromatic carbocycles. The SMILES string of the molecule is CC(=O)OC1CCC2C3CCc4cc(O)ccc4C3CCC12C.O=C(O)c1cc(O)c(O)c(O)c1. The van der Waals surface area contributed by atoms with Crippen molar-refractivity contribution < 1.29 is 39.9 Å². The second-order valence-electron chi connectivity index (χ2n) is 10.2. The van der Waals surface area contributed by atoms with Crippen LogP contribution in [0.15, 0.2) is 30.3 Å². The third-order valence-corrected chi connectivity index (χ3v) is 8.25. The number of phenolic OH excluding ortho intramolecular Hbond substituents is 4. The summed E-state index contributed by atoms with van der Waals surface area (Å²) in [6.45, 7) is 3.88. The van der Waals surface area contributed by atoms with Gasteiger partial charge >= 0.3 is 11.9 Å². The Morgan fingerprint density at radius 3 is 2.29 bits per heavy atom. The van der Waals surface area contributed by atoms with E-state index in [1.165, 1.54) is 37.3 Å². The number of aryl methyl sites for hydroxylation is 1. The molecule has 2 aromatic rings. The molecule has 3 aliphatic carbocycles. The second kappa shape index (κ2) is 9.32. The predicted molar refractivity (Wildman–Crippen MR) is 127 cm³/mol. The number of esters is 1. The number of hydrogen-bond acceptors (Lipinski definition) is 7. The molecule has 35 heavy (non-hydrogen) atoms. The van der Waals surface area contributed by atoms with E-state index >= 15 is 0 Å². The molecule has 2 saturated carbocycles. The fourth-order valence-electron chi connectivity index (χ4n) is 6.64. The lowest BCUT2D eigenvalue weighted by atomic mass is 9.55. The first-order valence-electron chi connectivity index (χ1n) is 12.0. The Balaban J connectivity index is 0.000000204. The van der Waals surface area contributed by atoms with E-state index in [-0.39, 0.29) is 23.1 Å². The highest BCUT2D eigenvalue weighted by molar-refractivity contribution is 5.89. The molecule has 5 rings (SSSR count). The molecule has 8 heteroatoms. The van der Waals surface area contributed by atoms with E-state index in [1.54, 1.807) is 0 Å². The van der Waals surface area contributed by atoms with Gasteiger partial charge in [0.1, 0.15) is 11.9 Å². The Morgan fingerprint density at radius 1 is 0.971 bits per heavy atom. The number of carbonyl (C=O) groups is 2. The molecular weight excluding hydrogens is 452 g/mol. The number of carboxylic acid groups (broad SMARTS) is 1. The summed E-state index contributed by atoms with van der Waals surface area (Å²) in [6.07, 6.45) is 6.89.